The highest BCUT2D eigenvalue weighted by Crippen LogP contribution is 2.24. The van der Waals surface area contributed by atoms with Crippen LogP contribution < -0.4 is 5.32 Å². The molecule has 0 amide bonds. The molecule has 0 aliphatic rings. The van der Waals surface area contributed by atoms with Crippen molar-refractivity contribution in [2.24, 2.45) is 0 Å². The van der Waals surface area contributed by atoms with Gasteiger partial charge in [0.1, 0.15) is 5.82 Å². The van der Waals surface area contributed by atoms with E-state index in [2.05, 4.69) is 52.9 Å². The lowest BCUT2D eigenvalue weighted by atomic mass is 10.1. The molecule has 0 radical (unpaired) electrons. The molecule has 0 spiro atoms. The summed E-state index contributed by atoms with van der Waals surface area (Å²) in [4.78, 5) is 9.21. The Morgan fingerprint density at radius 3 is 2.71 bits per heavy atom. The minimum absolute atomic E-state index is 0.817. The van der Waals surface area contributed by atoms with Gasteiger partial charge in [0, 0.05) is 28.7 Å². The van der Waals surface area contributed by atoms with E-state index in [4.69, 9.17) is 0 Å². The molecule has 2 heterocycles. The van der Waals surface area contributed by atoms with E-state index in [9.17, 15) is 0 Å². The maximum absolute atomic E-state index is 4.62. The summed E-state index contributed by atoms with van der Waals surface area (Å²) >= 11 is 1.67. The van der Waals surface area contributed by atoms with E-state index in [1.54, 1.807) is 11.3 Å². The van der Waals surface area contributed by atoms with Crippen molar-refractivity contribution in [3.63, 3.8) is 0 Å². The minimum atomic E-state index is 0.817. The Morgan fingerprint density at radius 2 is 2.12 bits per heavy atom. The summed E-state index contributed by atoms with van der Waals surface area (Å²) in [5.41, 5.74) is 3.38. The predicted octanol–water partition coefficient (Wildman–Crippen LogP) is 3.51. The lowest BCUT2D eigenvalue weighted by Gasteiger charge is -2.12. The fourth-order valence-corrected chi connectivity index (χ4v) is 2.49. The van der Waals surface area contributed by atoms with Crippen LogP contribution >= 0.6 is 11.3 Å². The Hall–Kier alpha value is -1.42. The molecule has 3 nitrogen and oxygen atoms in total. The highest BCUT2D eigenvalue weighted by atomic mass is 32.1. The van der Waals surface area contributed by atoms with Crippen molar-refractivity contribution in [3.05, 3.63) is 28.1 Å². The number of anilines is 1. The average Bonchev–Trinajstić information content (AvgIpc) is 2.82. The fourth-order valence-electron chi connectivity index (χ4n) is 1.85. The van der Waals surface area contributed by atoms with E-state index in [0.29, 0.717) is 0 Å². The first-order valence-corrected chi connectivity index (χ1v) is 6.84. The second kappa shape index (κ2) is 5.27. The van der Waals surface area contributed by atoms with Crippen molar-refractivity contribution < 1.29 is 0 Å². The van der Waals surface area contributed by atoms with Crippen LogP contribution in [-0.4, -0.2) is 16.5 Å². The van der Waals surface area contributed by atoms with Gasteiger partial charge in [-0.2, -0.15) is 11.3 Å². The first kappa shape index (κ1) is 12.0. The second-order valence-corrected chi connectivity index (χ2v) is 4.64. The van der Waals surface area contributed by atoms with Crippen LogP contribution in [0.4, 0.5) is 5.82 Å². The maximum atomic E-state index is 4.62. The summed E-state index contributed by atoms with van der Waals surface area (Å²) in [6.07, 6.45) is 0.956. The zero-order chi connectivity index (χ0) is 12.3. The van der Waals surface area contributed by atoms with Gasteiger partial charge in [0.15, 0.2) is 5.82 Å². The Balaban J connectivity index is 2.50. The van der Waals surface area contributed by atoms with Crippen molar-refractivity contribution in [1.29, 1.82) is 0 Å². The number of nitrogens with zero attached hydrogens (tertiary/aromatic N) is 2. The molecule has 0 saturated heterocycles. The summed E-state index contributed by atoms with van der Waals surface area (Å²) in [6, 6.07) is 2.06. The average molecular weight is 247 g/mol. The van der Waals surface area contributed by atoms with Crippen LogP contribution in [0.25, 0.3) is 11.4 Å². The smallest absolute Gasteiger partial charge is 0.162 e. The van der Waals surface area contributed by atoms with E-state index in [1.807, 2.05) is 0 Å². The van der Waals surface area contributed by atoms with Crippen molar-refractivity contribution in [2.75, 3.05) is 11.9 Å². The molecule has 0 atom stereocenters. The molecule has 0 fully saturated rings. The molecule has 0 saturated carbocycles. The zero-order valence-corrected chi connectivity index (χ0v) is 11.3. The molecule has 0 aliphatic carbocycles. The van der Waals surface area contributed by atoms with Gasteiger partial charge < -0.3 is 5.32 Å². The molecule has 4 heteroatoms. The molecular weight excluding hydrogens is 230 g/mol. The SMILES string of the molecule is CCNc1nc(-c2ccsc2)nc(C)c1CC. The third-order valence-corrected chi connectivity index (χ3v) is 3.37. The topological polar surface area (TPSA) is 37.8 Å². The van der Waals surface area contributed by atoms with Crippen molar-refractivity contribution in [2.45, 2.75) is 27.2 Å². The van der Waals surface area contributed by atoms with Crippen LogP contribution in [0.5, 0.6) is 0 Å². The first-order chi connectivity index (χ1) is 8.26. The number of aryl methyl sites for hydroxylation is 1. The third kappa shape index (κ3) is 2.47. The summed E-state index contributed by atoms with van der Waals surface area (Å²) in [5.74, 6) is 1.79. The zero-order valence-electron chi connectivity index (χ0n) is 10.4. The summed E-state index contributed by atoms with van der Waals surface area (Å²) in [7, 11) is 0. The Labute approximate surface area is 106 Å². The molecular formula is C13H17N3S. The van der Waals surface area contributed by atoms with Gasteiger partial charge in [0.25, 0.3) is 0 Å². The number of aromatic nitrogens is 2. The van der Waals surface area contributed by atoms with Gasteiger partial charge >= 0.3 is 0 Å². The van der Waals surface area contributed by atoms with Crippen LogP contribution in [0.2, 0.25) is 0 Å². The van der Waals surface area contributed by atoms with E-state index < -0.39 is 0 Å². The molecule has 2 rings (SSSR count). The molecule has 90 valence electrons. The van der Waals surface area contributed by atoms with Gasteiger partial charge in [-0.15, -0.1) is 0 Å². The molecule has 2 aromatic heterocycles. The molecule has 0 bridgehead atoms. The van der Waals surface area contributed by atoms with E-state index in [-0.39, 0.29) is 0 Å². The molecule has 0 unspecified atom stereocenters. The second-order valence-electron chi connectivity index (χ2n) is 3.86. The van der Waals surface area contributed by atoms with Gasteiger partial charge in [-0.25, -0.2) is 9.97 Å². The van der Waals surface area contributed by atoms with E-state index >= 15 is 0 Å². The number of rotatable bonds is 4. The van der Waals surface area contributed by atoms with Crippen molar-refractivity contribution in [1.82, 2.24) is 9.97 Å². The summed E-state index contributed by atoms with van der Waals surface area (Å²) < 4.78 is 0. The molecule has 0 aliphatic heterocycles. The molecule has 17 heavy (non-hydrogen) atoms. The largest absolute Gasteiger partial charge is 0.370 e. The van der Waals surface area contributed by atoms with E-state index in [1.165, 1.54) is 5.56 Å². The van der Waals surface area contributed by atoms with Gasteiger partial charge in [-0.3, -0.25) is 0 Å². The quantitative estimate of drug-likeness (QED) is 0.898. The standard InChI is InChI=1S/C13H17N3S/c1-4-11-9(3)15-12(10-6-7-17-8-10)16-13(11)14-5-2/h6-8H,4-5H2,1-3H3,(H,14,15,16). The van der Waals surface area contributed by atoms with Crippen LogP contribution in [0, 0.1) is 6.92 Å². The minimum Gasteiger partial charge on any atom is -0.370 e. The lowest BCUT2D eigenvalue weighted by molar-refractivity contribution is 0.990. The number of hydrogen-bond acceptors (Lipinski definition) is 4. The van der Waals surface area contributed by atoms with Gasteiger partial charge in [0.2, 0.25) is 0 Å². The number of thiophene rings is 1. The maximum Gasteiger partial charge on any atom is 0.162 e. The van der Waals surface area contributed by atoms with Crippen LogP contribution in [-0.2, 0) is 6.42 Å². The fraction of sp³-hybridized carbons (Fsp3) is 0.385. The van der Waals surface area contributed by atoms with Gasteiger partial charge in [0.05, 0.1) is 0 Å². The summed E-state index contributed by atoms with van der Waals surface area (Å²) in [6.45, 7) is 7.15. The Bertz CT molecular complexity index is 492. The highest BCUT2D eigenvalue weighted by Gasteiger charge is 2.10. The van der Waals surface area contributed by atoms with Crippen LogP contribution in [0.3, 0.4) is 0 Å². The van der Waals surface area contributed by atoms with Crippen LogP contribution in [0.15, 0.2) is 16.8 Å². The first-order valence-electron chi connectivity index (χ1n) is 5.90. The predicted molar refractivity (Wildman–Crippen MR) is 73.6 cm³/mol. The van der Waals surface area contributed by atoms with Crippen molar-refractivity contribution in [3.8, 4) is 11.4 Å². The van der Waals surface area contributed by atoms with Gasteiger partial charge in [-0.1, -0.05) is 6.92 Å². The summed E-state index contributed by atoms with van der Waals surface area (Å²) in [5, 5.41) is 7.45. The Morgan fingerprint density at radius 1 is 1.29 bits per heavy atom. The Kier molecular flexibility index (Phi) is 3.74. The van der Waals surface area contributed by atoms with E-state index in [0.717, 1.165) is 35.9 Å². The number of hydrogen-bond donors (Lipinski definition) is 1. The highest BCUT2D eigenvalue weighted by molar-refractivity contribution is 7.08. The van der Waals surface area contributed by atoms with Crippen LogP contribution in [0.1, 0.15) is 25.1 Å². The third-order valence-electron chi connectivity index (χ3n) is 2.69. The monoisotopic (exact) mass is 247 g/mol. The van der Waals surface area contributed by atoms with Crippen molar-refractivity contribution >= 4 is 17.2 Å². The lowest BCUT2D eigenvalue weighted by Crippen LogP contribution is -2.07. The molecule has 2 aromatic rings. The molecule has 1 N–H and O–H groups in total. The number of nitrogens with one attached hydrogen (secondary N) is 1. The normalized spacial score (nSPS) is 10.5. The molecule has 0 aromatic carbocycles. The van der Waals surface area contributed by atoms with Gasteiger partial charge in [-0.05, 0) is 31.7 Å².